The third kappa shape index (κ3) is 4.75. The molecule has 0 aliphatic carbocycles. The van der Waals surface area contributed by atoms with Crippen LogP contribution in [0, 0.1) is 5.92 Å². The molecule has 0 fully saturated rings. The molecule has 1 N–H and O–H groups in total. The van der Waals surface area contributed by atoms with Crippen molar-refractivity contribution in [2.45, 2.75) is 26.5 Å². The molecule has 0 radical (unpaired) electrons. The van der Waals surface area contributed by atoms with Crippen LogP contribution in [0.5, 0.6) is 0 Å². The average molecular weight is 237 g/mol. The summed E-state index contributed by atoms with van der Waals surface area (Å²) in [7, 11) is 3.44. The lowest BCUT2D eigenvalue weighted by molar-refractivity contribution is 0.171. The minimum atomic E-state index is 0.331. The standard InChI is InChI=1S/C14H23NO2/c1-11(2)14(10-17-4)15-13-7-5-6-12(8-13)9-16-3/h5-8,11,14-15H,9-10H2,1-4H3. The van der Waals surface area contributed by atoms with E-state index in [0.717, 1.165) is 5.69 Å². The van der Waals surface area contributed by atoms with E-state index in [-0.39, 0.29) is 0 Å². The first-order valence-electron chi connectivity index (χ1n) is 6.00. The van der Waals surface area contributed by atoms with Gasteiger partial charge in [-0.2, -0.15) is 0 Å². The molecule has 1 unspecified atom stereocenters. The fourth-order valence-corrected chi connectivity index (χ4v) is 1.71. The largest absolute Gasteiger partial charge is 0.383 e. The molecule has 0 saturated carbocycles. The minimum absolute atomic E-state index is 0.331. The molecule has 0 heterocycles. The summed E-state index contributed by atoms with van der Waals surface area (Å²) in [4.78, 5) is 0. The predicted octanol–water partition coefficient (Wildman–Crippen LogP) is 2.92. The Hall–Kier alpha value is -1.06. The number of ether oxygens (including phenoxy) is 2. The Morgan fingerprint density at radius 1 is 1.18 bits per heavy atom. The fraction of sp³-hybridized carbons (Fsp3) is 0.571. The quantitative estimate of drug-likeness (QED) is 0.791. The van der Waals surface area contributed by atoms with Gasteiger partial charge in [0.2, 0.25) is 0 Å². The number of nitrogens with one attached hydrogen (secondary N) is 1. The molecule has 0 spiro atoms. The molecule has 1 atom stereocenters. The Morgan fingerprint density at radius 3 is 2.53 bits per heavy atom. The Labute approximate surface area is 104 Å². The smallest absolute Gasteiger partial charge is 0.0713 e. The van der Waals surface area contributed by atoms with Gasteiger partial charge in [-0.25, -0.2) is 0 Å². The number of methoxy groups -OCH3 is 2. The SMILES string of the molecule is COCc1cccc(NC(COC)C(C)C)c1. The highest BCUT2D eigenvalue weighted by Crippen LogP contribution is 2.15. The number of rotatable bonds is 7. The van der Waals surface area contributed by atoms with Crippen LogP contribution in [-0.4, -0.2) is 26.9 Å². The van der Waals surface area contributed by atoms with E-state index in [9.17, 15) is 0 Å². The summed E-state index contributed by atoms with van der Waals surface area (Å²) < 4.78 is 10.4. The Bertz CT molecular complexity index is 326. The van der Waals surface area contributed by atoms with Gasteiger partial charge in [0.15, 0.2) is 0 Å². The lowest BCUT2D eigenvalue weighted by Crippen LogP contribution is -2.30. The molecule has 1 aromatic carbocycles. The molecular formula is C14H23NO2. The van der Waals surface area contributed by atoms with Crippen molar-refractivity contribution >= 4 is 5.69 Å². The number of benzene rings is 1. The van der Waals surface area contributed by atoms with E-state index in [4.69, 9.17) is 9.47 Å². The number of hydrogen-bond donors (Lipinski definition) is 1. The molecule has 1 aromatic rings. The third-order valence-corrected chi connectivity index (χ3v) is 2.74. The maximum absolute atomic E-state index is 5.23. The van der Waals surface area contributed by atoms with Gasteiger partial charge in [-0.1, -0.05) is 26.0 Å². The summed E-state index contributed by atoms with van der Waals surface area (Å²) in [5.74, 6) is 0.529. The zero-order valence-electron chi connectivity index (χ0n) is 11.2. The minimum Gasteiger partial charge on any atom is -0.383 e. The normalized spacial score (nSPS) is 12.8. The molecule has 0 aliphatic heterocycles. The van der Waals surface area contributed by atoms with Gasteiger partial charge in [-0.3, -0.25) is 0 Å². The number of anilines is 1. The van der Waals surface area contributed by atoms with Crippen molar-refractivity contribution in [1.82, 2.24) is 0 Å². The molecule has 0 aromatic heterocycles. The Balaban J connectivity index is 2.68. The Kier molecular flexibility index (Phi) is 6.01. The predicted molar refractivity (Wildman–Crippen MR) is 71.3 cm³/mol. The number of hydrogen-bond acceptors (Lipinski definition) is 3. The van der Waals surface area contributed by atoms with Crippen LogP contribution < -0.4 is 5.32 Å². The first-order valence-corrected chi connectivity index (χ1v) is 6.00. The van der Waals surface area contributed by atoms with Crippen LogP contribution in [0.2, 0.25) is 0 Å². The van der Waals surface area contributed by atoms with Gasteiger partial charge >= 0.3 is 0 Å². The first-order chi connectivity index (χ1) is 8.17. The third-order valence-electron chi connectivity index (χ3n) is 2.74. The van der Waals surface area contributed by atoms with E-state index in [0.29, 0.717) is 25.2 Å². The van der Waals surface area contributed by atoms with Crippen LogP contribution >= 0.6 is 0 Å². The second-order valence-corrected chi connectivity index (χ2v) is 4.58. The van der Waals surface area contributed by atoms with Gasteiger partial charge < -0.3 is 14.8 Å². The molecule has 3 heteroatoms. The molecular weight excluding hydrogens is 214 g/mol. The second-order valence-electron chi connectivity index (χ2n) is 4.58. The summed E-state index contributed by atoms with van der Waals surface area (Å²) in [5, 5.41) is 3.50. The molecule has 1 rings (SSSR count). The van der Waals surface area contributed by atoms with Gasteiger partial charge in [0.25, 0.3) is 0 Å². The van der Waals surface area contributed by atoms with Crippen molar-refractivity contribution in [2.24, 2.45) is 5.92 Å². The molecule has 0 saturated heterocycles. The maximum Gasteiger partial charge on any atom is 0.0713 e. The van der Waals surface area contributed by atoms with E-state index in [1.54, 1.807) is 14.2 Å². The highest BCUT2D eigenvalue weighted by Gasteiger charge is 2.12. The van der Waals surface area contributed by atoms with Crippen LogP contribution in [0.4, 0.5) is 5.69 Å². The fourth-order valence-electron chi connectivity index (χ4n) is 1.71. The summed E-state index contributed by atoms with van der Waals surface area (Å²) in [5.41, 5.74) is 2.30. The topological polar surface area (TPSA) is 30.5 Å². The molecule has 17 heavy (non-hydrogen) atoms. The maximum atomic E-state index is 5.23. The van der Waals surface area contributed by atoms with Gasteiger partial charge in [0.1, 0.15) is 0 Å². The van der Waals surface area contributed by atoms with E-state index < -0.39 is 0 Å². The lowest BCUT2D eigenvalue weighted by Gasteiger charge is -2.23. The first kappa shape index (κ1) is 14.0. The van der Waals surface area contributed by atoms with Gasteiger partial charge in [-0.15, -0.1) is 0 Å². The molecule has 0 amide bonds. The van der Waals surface area contributed by atoms with Crippen LogP contribution in [0.3, 0.4) is 0 Å². The van der Waals surface area contributed by atoms with Gasteiger partial charge in [0.05, 0.1) is 19.3 Å². The lowest BCUT2D eigenvalue weighted by atomic mass is 10.0. The summed E-state index contributed by atoms with van der Waals surface area (Å²) in [6.07, 6.45) is 0. The van der Waals surface area contributed by atoms with E-state index >= 15 is 0 Å². The highest BCUT2D eigenvalue weighted by atomic mass is 16.5. The zero-order chi connectivity index (χ0) is 12.7. The monoisotopic (exact) mass is 237 g/mol. The molecule has 0 bridgehead atoms. The Morgan fingerprint density at radius 2 is 1.94 bits per heavy atom. The van der Waals surface area contributed by atoms with Crippen molar-refractivity contribution in [1.29, 1.82) is 0 Å². The van der Waals surface area contributed by atoms with Crippen molar-refractivity contribution in [3.8, 4) is 0 Å². The van der Waals surface area contributed by atoms with Crippen molar-refractivity contribution in [3.63, 3.8) is 0 Å². The summed E-state index contributed by atoms with van der Waals surface area (Å²) in [6, 6.07) is 8.63. The molecule has 0 aliphatic rings. The van der Waals surface area contributed by atoms with E-state index in [2.05, 4.69) is 37.4 Å². The van der Waals surface area contributed by atoms with Crippen molar-refractivity contribution in [2.75, 3.05) is 26.1 Å². The summed E-state index contributed by atoms with van der Waals surface area (Å²) >= 11 is 0. The van der Waals surface area contributed by atoms with Crippen LogP contribution in [-0.2, 0) is 16.1 Å². The van der Waals surface area contributed by atoms with Gasteiger partial charge in [-0.05, 0) is 23.6 Å². The van der Waals surface area contributed by atoms with Crippen molar-refractivity contribution in [3.05, 3.63) is 29.8 Å². The van der Waals surface area contributed by atoms with Crippen LogP contribution in [0.25, 0.3) is 0 Å². The average Bonchev–Trinajstić information content (AvgIpc) is 2.29. The zero-order valence-corrected chi connectivity index (χ0v) is 11.2. The highest BCUT2D eigenvalue weighted by molar-refractivity contribution is 5.46. The van der Waals surface area contributed by atoms with Crippen molar-refractivity contribution < 1.29 is 9.47 Å². The van der Waals surface area contributed by atoms with E-state index in [1.807, 2.05) is 6.07 Å². The van der Waals surface area contributed by atoms with Crippen LogP contribution in [0.15, 0.2) is 24.3 Å². The van der Waals surface area contributed by atoms with E-state index in [1.165, 1.54) is 5.56 Å². The van der Waals surface area contributed by atoms with Crippen LogP contribution in [0.1, 0.15) is 19.4 Å². The summed E-state index contributed by atoms with van der Waals surface area (Å²) in [6.45, 7) is 5.74. The molecule has 96 valence electrons. The second kappa shape index (κ2) is 7.30. The molecule has 3 nitrogen and oxygen atoms in total. The van der Waals surface area contributed by atoms with Gasteiger partial charge in [0, 0.05) is 19.9 Å².